The van der Waals surface area contributed by atoms with Gasteiger partial charge in [-0.1, -0.05) is 0 Å². The Morgan fingerprint density at radius 3 is 2.52 bits per heavy atom. The average molecular weight is 371 g/mol. The van der Waals surface area contributed by atoms with Gasteiger partial charge in [-0.2, -0.15) is 0 Å². The fourth-order valence-electron chi connectivity index (χ4n) is 4.35. The van der Waals surface area contributed by atoms with Crippen LogP contribution < -0.4 is 10.5 Å². The second kappa shape index (κ2) is 7.98. The zero-order valence-corrected chi connectivity index (χ0v) is 15.8. The number of hydrogen-bond donors (Lipinski definition) is 1. The third-order valence-corrected chi connectivity index (χ3v) is 5.98. The fraction of sp³-hybridized carbons (Fsp3) is 0.619. The first-order valence-electron chi connectivity index (χ1n) is 10.2. The van der Waals surface area contributed by atoms with Crippen molar-refractivity contribution in [1.82, 2.24) is 9.80 Å². The van der Waals surface area contributed by atoms with Crippen LogP contribution in [-0.4, -0.2) is 66.4 Å². The lowest BCUT2D eigenvalue weighted by molar-refractivity contribution is -0.133. The van der Waals surface area contributed by atoms with E-state index in [1.165, 1.54) is 0 Å². The Labute approximate surface area is 160 Å². The van der Waals surface area contributed by atoms with Crippen molar-refractivity contribution in [3.05, 3.63) is 29.8 Å². The van der Waals surface area contributed by atoms with Gasteiger partial charge in [-0.25, -0.2) is 0 Å². The third kappa shape index (κ3) is 4.17. The van der Waals surface area contributed by atoms with Gasteiger partial charge in [0.1, 0.15) is 5.75 Å². The topological polar surface area (TPSA) is 75.9 Å². The standard InChI is InChI=1S/C21H29N3O3/c22-9-8-20(25)24-14-17-12-18(24)13-23(17)10-1-11-27-19-6-4-16(5-7-19)21(26)15-2-3-15/h4-7,15,17-18H,1-3,8-14,22H2. The quantitative estimate of drug-likeness (QED) is 0.528. The van der Waals surface area contributed by atoms with Crippen LogP contribution >= 0.6 is 0 Å². The lowest BCUT2D eigenvalue weighted by atomic mass is 10.1. The highest BCUT2D eigenvalue weighted by Crippen LogP contribution is 2.33. The van der Waals surface area contributed by atoms with E-state index in [2.05, 4.69) is 4.90 Å². The monoisotopic (exact) mass is 371 g/mol. The molecule has 0 radical (unpaired) electrons. The zero-order chi connectivity index (χ0) is 18.8. The lowest BCUT2D eigenvalue weighted by Crippen LogP contribution is -2.49. The fourth-order valence-corrected chi connectivity index (χ4v) is 4.35. The van der Waals surface area contributed by atoms with Gasteiger partial charge < -0.3 is 15.4 Å². The number of hydrogen-bond acceptors (Lipinski definition) is 5. The number of nitrogens with two attached hydrogens (primary N) is 1. The summed E-state index contributed by atoms with van der Waals surface area (Å²) >= 11 is 0. The molecule has 0 spiro atoms. The molecule has 4 rings (SSSR count). The molecule has 6 nitrogen and oxygen atoms in total. The van der Waals surface area contributed by atoms with Crippen molar-refractivity contribution in [3.8, 4) is 5.75 Å². The minimum Gasteiger partial charge on any atom is -0.494 e. The first-order valence-corrected chi connectivity index (χ1v) is 10.2. The zero-order valence-electron chi connectivity index (χ0n) is 15.8. The summed E-state index contributed by atoms with van der Waals surface area (Å²) in [7, 11) is 0. The van der Waals surface area contributed by atoms with E-state index in [1.807, 2.05) is 29.2 Å². The molecule has 1 aromatic carbocycles. The number of benzene rings is 1. The van der Waals surface area contributed by atoms with Gasteiger partial charge in [0.05, 0.1) is 6.61 Å². The van der Waals surface area contributed by atoms with Crippen LogP contribution in [0.5, 0.6) is 5.75 Å². The van der Waals surface area contributed by atoms with E-state index in [1.54, 1.807) is 0 Å². The Kier molecular flexibility index (Phi) is 5.45. The number of ether oxygens (including phenoxy) is 1. The highest BCUT2D eigenvalue weighted by molar-refractivity contribution is 5.99. The molecule has 2 bridgehead atoms. The van der Waals surface area contributed by atoms with Crippen LogP contribution in [0, 0.1) is 5.92 Å². The Hall–Kier alpha value is -1.92. The van der Waals surface area contributed by atoms with Crippen molar-refractivity contribution >= 4 is 11.7 Å². The molecule has 27 heavy (non-hydrogen) atoms. The molecule has 146 valence electrons. The molecular weight excluding hydrogens is 342 g/mol. The maximum absolute atomic E-state index is 12.1. The van der Waals surface area contributed by atoms with Crippen molar-refractivity contribution in [2.75, 3.05) is 32.8 Å². The third-order valence-electron chi connectivity index (χ3n) is 5.98. The van der Waals surface area contributed by atoms with Gasteiger partial charge in [-0.15, -0.1) is 0 Å². The molecule has 1 amide bonds. The maximum atomic E-state index is 12.1. The van der Waals surface area contributed by atoms with Crippen LogP contribution in [0.4, 0.5) is 0 Å². The summed E-state index contributed by atoms with van der Waals surface area (Å²) in [6.07, 6.45) is 4.58. The van der Waals surface area contributed by atoms with Gasteiger partial charge in [-0.05, 0) is 49.9 Å². The van der Waals surface area contributed by atoms with Crippen LogP contribution in [0.2, 0.25) is 0 Å². The van der Waals surface area contributed by atoms with Crippen molar-refractivity contribution in [1.29, 1.82) is 0 Å². The van der Waals surface area contributed by atoms with E-state index in [0.29, 0.717) is 31.7 Å². The largest absolute Gasteiger partial charge is 0.494 e. The van der Waals surface area contributed by atoms with Crippen LogP contribution in [0.25, 0.3) is 0 Å². The van der Waals surface area contributed by atoms with E-state index in [4.69, 9.17) is 10.5 Å². The molecule has 2 N–H and O–H groups in total. The van der Waals surface area contributed by atoms with Crippen molar-refractivity contribution < 1.29 is 14.3 Å². The maximum Gasteiger partial charge on any atom is 0.224 e. The number of Topliss-reactive ketones (excluding diaryl/α,β-unsaturated/α-hetero) is 1. The second-order valence-electron chi connectivity index (χ2n) is 7.99. The van der Waals surface area contributed by atoms with Gasteiger partial charge in [0.2, 0.25) is 5.91 Å². The Bertz CT molecular complexity index is 686. The van der Waals surface area contributed by atoms with Gasteiger partial charge >= 0.3 is 0 Å². The minimum absolute atomic E-state index is 0.205. The minimum atomic E-state index is 0.205. The first-order chi connectivity index (χ1) is 13.2. The van der Waals surface area contributed by atoms with Gasteiger partial charge in [0.15, 0.2) is 5.78 Å². The van der Waals surface area contributed by atoms with Crippen molar-refractivity contribution in [2.24, 2.45) is 11.7 Å². The number of carbonyl (C=O) groups is 2. The summed E-state index contributed by atoms with van der Waals surface area (Å²) in [6, 6.07) is 8.41. The number of carbonyl (C=O) groups excluding carboxylic acids is 2. The molecule has 1 saturated carbocycles. The summed E-state index contributed by atoms with van der Waals surface area (Å²) in [5.74, 6) is 1.55. The number of fused-ring (bicyclic) bond motifs is 2. The summed E-state index contributed by atoms with van der Waals surface area (Å²) < 4.78 is 5.83. The lowest BCUT2D eigenvalue weighted by Gasteiger charge is -2.34. The highest BCUT2D eigenvalue weighted by atomic mass is 16.5. The normalized spacial score (nSPS) is 24.4. The molecule has 1 aromatic rings. The number of piperazine rings is 1. The number of ketones is 1. The van der Waals surface area contributed by atoms with E-state index >= 15 is 0 Å². The molecule has 2 aliphatic heterocycles. The SMILES string of the molecule is NCCC(=O)N1CC2CC1CN2CCCOc1ccc(C(=O)C2CC2)cc1. The molecule has 1 aliphatic carbocycles. The number of rotatable bonds is 9. The molecule has 2 atom stereocenters. The molecule has 6 heteroatoms. The van der Waals surface area contributed by atoms with Crippen molar-refractivity contribution in [2.45, 2.75) is 44.2 Å². The number of likely N-dealkylation sites (tertiary alicyclic amines) is 2. The van der Waals surface area contributed by atoms with E-state index in [9.17, 15) is 9.59 Å². The number of nitrogens with zero attached hydrogens (tertiary/aromatic N) is 2. The predicted octanol–water partition coefficient (Wildman–Crippen LogP) is 1.68. The number of amides is 1. The highest BCUT2D eigenvalue weighted by Gasteiger charge is 2.44. The smallest absolute Gasteiger partial charge is 0.224 e. The van der Waals surface area contributed by atoms with E-state index in [-0.39, 0.29) is 17.6 Å². The average Bonchev–Trinajstić information content (AvgIpc) is 3.35. The summed E-state index contributed by atoms with van der Waals surface area (Å²) in [4.78, 5) is 28.6. The molecular formula is C21H29N3O3. The van der Waals surface area contributed by atoms with Crippen LogP contribution in [0.15, 0.2) is 24.3 Å². The Morgan fingerprint density at radius 1 is 1.11 bits per heavy atom. The van der Waals surface area contributed by atoms with Crippen molar-refractivity contribution in [3.63, 3.8) is 0 Å². The summed E-state index contributed by atoms with van der Waals surface area (Å²) in [5, 5.41) is 0. The van der Waals surface area contributed by atoms with Gasteiger partial charge in [-0.3, -0.25) is 14.5 Å². The summed E-state index contributed by atoms with van der Waals surface area (Å²) in [6.45, 7) is 3.92. The Morgan fingerprint density at radius 2 is 1.89 bits per heavy atom. The first kappa shape index (κ1) is 18.4. The van der Waals surface area contributed by atoms with Crippen LogP contribution in [-0.2, 0) is 4.79 Å². The molecule has 2 unspecified atom stereocenters. The van der Waals surface area contributed by atoms with E-state index < -0.39 is 0 Å². The van der Waals surface area contributed by atoms with E-state index in [0.717, 1.165) is 56.6 Å². The predicted molar refractivity (Wildman–Crippen MR) is 103 cm³/mol. The van der Waals surface area contributed by atoms with Crippen LogP contribution in [0.3, 0.4) is 0 Å². The Balaban J connectivity index is 1.16. The molecule has 3 fully saturated rings. The molecule has 2 heterocycles. The molecule has 2 saturated heterocycles. The summed E-state index contributed by atoms with van der Waals surface area (Å²) in [5.41, 5.74) is 6.30. The molecule has 3 aliphatic rings. The van der Waals surface area contributed by atoms with Crippen LogP contribution in [0.1, 0.15) is 42.5 Å². The second-order valence-corrected chi connectivity index (χ2v) is 7.99. The van der Waals surface area contributed by atoms with Gasteiger partial charge in [0.25, 0.3) is 0 Å². The molecule has 0 aromatic heterocycles. The van der Waals surface area contributed by atoms with Gasteiger partial charge in [0, 0.05) is 56.2 Å².